The van der Waals surface area contributed by atoms with Crippen LogP contribution in [0.5, 0.6) is 5.75 Å². The Bertz CT molecular complexity index is 800. The third kappa shape index (κ3) is 4.11. The summed E-state index contributed by atoms with van der Waals surface area (Å²) in [6, 6.07) is 7.68. The van der Waals surface area contributed by atoms with Gasteiger partial charge in [0.2, 0.25) is 5.91 Å². The number of rotatable bonds is 4. The minimum Gasteiger partial charge on any atom is -0.497 e. The summed E-state index contributed by atoms with van der Waals surface area (Å²) in [4.78, 5) is 24.0. The summed E-state index contributed by atoms with van der Waals surface area (Å²) in [5, 5.41) is 3.42. The van der Waals surface area contributed by atoms with Gasteiger partial charge in [-0.15, -0.1) is 0 Å². The van der Waals surface area contributed by atoms with E-state index in [1.54, 1.807) is 7.11 Å². The molecule has 4 rings (SSSR count). The molecule has 6 heteroatoms. The van der Waals surface area contributed by atoms with Crippen molar-refractivity contribution in [3.8, 4) is 5.75 Å². The van der Waals surface area contributed by atoms with Crippen LogP contribution in [0.2, 0.25) is 0 Å². The molecule has 0 bridgehead atoms. The van der Waals surface area contributed by atoms with Crippen LogP contribution in [0.25, 0.3) is 0 Å². The first-order valence-electron chi connectivity index (χ1n) is 9.69. The van der Waals surface area contributed by atoms with E-state index in [9.17, 15) is 4.79 Å². The van der Waals surface area contributed by atoms with Gasteiger partial charge < -0.3 is 15.0 Å². The van der Waals surface area contributed by atoms with Crippen LogP contribution in [0.1, 0.15) is 41.4 Å². The van der Waals surface area contributed by atoms with E-state index in [0.717, 1.165) is 60.9 Å². The normalized spacial score (nSPS) is 19.4. The van der Waals surface area contributed by atoms with E-state index >= 15 is 0 Å². The minimum absolute atomic E-state index is 0.145. The Hall–Kier alpha value is -2.47. The molecule has 0 aliphatic carbocycles. The standard InChI is InChI=1S/C21H26N4O2/c1-27-18-6-4-15(5-7-18)11-20(26)25-10-8-19-17(14-25)13-23-21(24-19)16-3-2-9-22-12-16/h4-7,13,16,22H,2-3,8-12,14H2,1H3. The Morgan fingerprint density at radius 2 is 2.19 bits per heavy atom. The highest BCUT2D eigenvalue weighted by molar-refractivity contribution is 5.79. The summed E-state index contributed by atoms with van der Waals surface area (Å²) in [6.45, 7) is 3.38. The topological polar surface area (TPSA) is 67.3 Å². The smallest absolute Gasteiger partial charge is 0.227 e. The fourth-order valence-corrected chi connectivity index (χ4v) is 3.84. The van der Waals surface area contributed by atoms with Gasteiger partial charge in [-0.05, 0) is 37.1 Å². The summed E-state index contributed by atoms with van der Waals surface area (Å²) in [5.74, 6) is 2.32. The molecule has 1 aromatic heterocycles. The quantitative estimate of drug-likeness (QED) is 0.897. The van der Waals surface area contributed by atoms with E-state index in [1.165, 1.54) is 6.42 Å². The third-order valence-electron chi connectivity index (χ3n) is 5.48. The number of nitrogens with one attached hydrogen (secondary N) is 1. The predicted octanol–water partition coefficient (Wildman–Crippen LogP) is 2.08. The third-order valence-corrected chi connectivity index (χ3v) is 5.48. The van der Waals surface area contributed by atoms with Crippen molar-refractivity contribution in [1.82, 2.24) is 20.2 Å². The van der Waals surface area contributed by atoms with Crippen LogP contribution in [0.4, 0.5) is 0 Å². The van der Waals surface area contributed by atoms with Crippen LogP contribution in [0.15, 0.2) is 30.5 Å². The zero-order chi connectivity index (χ0) is 18.6. The van der Waals surface area contributed by atoms with Crippen molar-refractivity contribution < 1.29 is 9.53 Å². The van der Waals surface area contributed by atoms with Crippen molar-refractivity contribution in [3.05, 3.63) is 53.1 Å². The van der Waals surface area contributed by atoms with Gasteiger partial charge in [0.15, 0.2) is 0 Å². The molecular formula is C21H26N4O2. The summed E-state index contributed by atoms with van der Waals surface area (Å²) in [6.07, 6.45) is 5.47. The predicted molar refractivity (Wildman–Crippen MR) is 103 cm³/mol. The molecule has 27 heavy (non-hydrogen) atoms. The lowest BCUT2D eigenvalue weighted by molar-refractivity contribution is -0.131. The van der Waals surface area contributed by atoms with Crippen LogP contribution >= 0.6 is 0 Å². The molecule has 1 aromatic carbocycles. The van der Waals surface area contributed by atoms with Crippen molar-refractivity contribution in [3.63, 3.8) is 0 Å². The fraction of sp³-hybridized carbons (Fsp3) is 0.476. The van der Waals surface area contributed by atoms with Gasteiger partial charge in [0.25, 0.3) is 0 Å². The maximum absolute atomic E-state index is 12.7. The highest BCUT2D eigenvalue weighted by Crippen LogP contribution is 2.23. The first-order valence-corrected chi connectivity index (χ1v) is 9.69. The Labute approximate surface area is 160 Å². The molecule has 2 aliphatic rings. The van der Waals surface area contributed by atoms with Gasteiger partial charge in [-0.25, -0.2) is 9.97 Å². The van der Waals surface area contributed by atoms with Crippen LogP contribution < -0.4 is 10.1 Å². The highest BCUT2D eigenvalue weighted by atomic mass is 16.5. The maximum Gasteiger partial charge on any atom is 0.227 e. The number of ether oxygens (including phenoxy) is 1. The molecule has 6 nitrogen and oxygen atoms in total. The van der Waals surface area contributed by atoms with Gasteiger partial charge in [-0.3, -0.25) is 4.79 Å². The number of aromatic nitrogens is 2. The molecule has 2 aromatic rings. The van der Waals surface area contributed by atoms with Crippen molar-refractivity contribution >= 4 is 5.91 Å². The molecule has 1 atom stereocenters. The zero-order valence-electron chi connectivity index (χ0n) is 15.8. The van der Waals surface area contributed by atoms with Gasteiger partial charge in [0.05, 0.1) is 19.2 Å². The summed E-state index contributed by atoms with van der Waals surface area (Å²) >= 11 is 0. The number of hydrogen-bond acceptors (Lipinski definition) is 5. The van der Waals surface area contributed by atoms with Crippen LogP contribution in [-0.4, -0.2) is 47.5 Å². The number of methoxy groups -OCH3 is 1. The van der Waals surface area contributed by atoms with Crippen LogP contribution in [-0.2, 0) is 24.2 Å². The van der Waals surface area contributed by atoms with Gasteiger partial charge in [0.1, 0.15) is 11.6 Å². The fourth-order valence-electron chi connectivity index (χ4n) is 3.84. The SMILES string of the molecule is COc1ccc(CC(=O)N2CCc3nc(C4CCCNC4)ncc3C2)cc1. The average Bonchev–Trinajstić information content (AvgIpc) is 2.74. The monoisotopic (exact) mass is 366 g/mol. The average molecular weight is 366 g/mol. The van der Waals surface area contributed by atoms with Crippen molar-refractivity contribution in [1.29, 1.82) is 0 Å². The molecule has 142 valence electrons. The molecule has 1 N–H and O–H groups in total. The number of amides is 1. The van der Waals surface area contributed by atoms with E-state index in [1.807, 2.05) is 35.4 Å². The lowest BCUT2D eigenvalue weighted by Crippen LogP contribution is -2.38. The lowest BCUT2D eigenvalue weighted by atomic mass is 9.98. The van der Waals surface area contributed by atoms with Crippen molar-refractivity contribution in [2.24, 2.45) is 0 Å². The van der Waals surface area contributed by atoms with E-state index in [4.69, 9.17) is 9.72 Å². The molecule has 1 unspecified atom stereocenters. The molecule has 3 heterocycles. The van der Waals surface area contributed by atoms with Gasteiger partial charge in [0, 0.05) is 43.7 Å². The second-order valence-electron chi connectivity index (χ2n) is 7.33. The number of fused-ring (bicyclic) bond motifs is 1. The second-order valence-corrected chi connectivity index (χ2v) is 7.33. The minimum atomic E-state index is 0.145. The largest absolute Gasteiger partial charge is 0.497 e. The Balaban J connectivity index is 1.40. The number of nitrogens with zero attached hydrogens (tertiary/aromatic N) is 3. The maximum atomic E-state index is 12.7. The Kier molecular flexibility index (Phi) is 5.34. The van der Waals surface area contributed by atoms with Crippen LogP contribution in [0, 0.1) is 0 Å². The molecule has 1 fully saturated rings. The van der Waals surface area contributed by atoms with Crippen LogP contribution in [0.3, 0.4) is 0 Å². The van der Waals surface area contributed by atoms with Gasteiger partial charge in [-0.1, -0.05) is 12.1 Å². The molecule has 0 saturated carbocycles. The Morgan fingerprint density at radius 3 is 2.93 bits per heavy atom. The first kappa shape index (κ1) is 17.9. The van der Waals surface area contributed by atoms with Crippen molar-refractivity contribution in [2.75, 3.05) is 26.7 Å². The summed E-state index contributed by atoms with van der Waals surface area (Å²) < 4.78 is 5.17. The van der Waals surface area contributed by atoms with Crippen molar-refractivity contribution in [2.45, 2.75) is 38.1 Å². The zero-order valence-corrected chi connectivity index (χ0v) is 15.8. The molecule has 1 saturated heterocycles. The molecule has 0 radical (unpaired) electrons. The number of carbonyl (C=O) groups is 1. The molecular weight excluding hydrogens is 340 g/mol. The number of benzene rings is 1. The Morgan fingerprint density at radius 1 is 1.33 bits per heavy atom. The van der Waals surface area contributed by atoms with E-state index in [2.05, 4.69) is 10.3 Å². The number of piperidine rings is 1. The summed E-state index contributed by atoms with van der Waals surface area (Å²) in [5.41, 5.74) is 3.19. The second kappa shape index (κ2) is 8.05. The molecule has 2 aliphatic heterocycles. The molecule has 0 spiro atoms. The molecule has 1 amide bonds. The number of hydrogen-bond donors (Lipinski definition) is 1. The van der Waals surface area contributed by atoms with E-state index in [0.29, 0.717) is 18.9 Å². The summed E-state index contributed by atoms with van der Waals surface area (Å²) in [7, 11) is 1.64. The lowest BCUT2D eigenvalue weighted by Gasteiger charge is -2.29. The first-order chi connectivity index (χ1) is 13.2. The number of carbonyl (C=O) groups excluding carboxylic acids is 1. The van der Waals surface area contributed by atoms with Gasteiger partial charge in [-0.2, -0.15) is 0 Å². The van der Waals surface area contributed by atoms with E-state index in [-0.39, 0.29) is 5.91 Å². The highest BCUT2D eigenvalue weighted by Gasteiger charge is 2.24. The van der Waals surface area contributed by atoms with E-state index < -0.39 is 0 Å². The van der Waals surface area contributed by atoms with Gasteiger partial charge >= 0.3 is 0 Å².